The van der Waals surface area contributed by atoms with Crippen molar-refractivity contribution in [1.82, 2.24) is 9.88 Å². The fraction of sp³-hybridized carbons (Fsp3) is 0.600. The summed E-state index contributed by atoms with van der Waals surface area (Å²) < 4.78 is 2.69. The number of halogens is 1. The predicted molar refractivity (Wildman–Crippen MR) is 83.3 cm³/mol. The monoisotopic (exact) mass is 356 g/mol. The van der Waals surface area contributed by atoms with Crippen LogP contribution in [0.2, 0.25) is 0 Å². The summed E-state index contributed by atoms with van der Waals surface area (Å²) in [5.41, 5.74) is -0.241. The highest BCUT2D eigenvalue weighted by atomic mass is 79.9. The summed E-state index contributed by atoms with van der Waals surface area (Å²) in [6.07, 6.45) is 6.04. The van der Waals surface area contributed by atoms with Gasteiger partial charge in [0.05, 0.1) is 5.41 Å². The Hall–Kier alpha value is -1.30. The molecule has 0 bridgehead atoms. The zero-order valence-corrected chi connectivity index (χ0v) is 13.8. The van der Waals surface area contributed by atoms with Crippen LogP contribution in [-0.4, -0.2) is 28.1 Å². The Morgan fingerprint density at radius 2 is 2.05 bits per heavy atom. The lowest BCUT2D eigenvalue weighted by Crippen LogP contribution is -2.44. The van der Waals surface area contributed by atoms with E-state index in [-0.39, 0.29) is 12.5 Å². The fourth-order valence-corrected chi connectivity index (χ4v) is 3.43. The summed E-state index contributed by atoms with van der Waals surface area (Å²) in [6, 6.07) is 1.76. The molecule has 6 heteroatoms. The third kappa shape index (κ3) is 3.48. The Bertz CT molecular complexity index is 533. The minimum Gasteiger partial charge on any atom is -0.481 e. The number of nitrogens with one attached hydrogen (secondary N) is 1. The highest BCUT2D eigenvalue weighted by molar-refractivity contribution is 9.10. The van der Waals surface area contributed by atoms with E-state index in [1.165, 1.54) is 0 Å². The average molecular weight is 357 g/mol. The van der Waals surface area contributed by atoms with Crippen LogP contribution >= 0.6 is 15.9 Å². The molecule has 21 heavy (non-hydrogen) atoms. The molecular formula is C15H21BrN2O3. The molecule has 0 saturated heterocycles. The van der Waals surface area contributed by atoms with Gasteiger partial charge in [0.1, 0.15) is 5.69 Å². The third-order valence-corrected chi connectivity index (χ3v) is 4.72. The van der Waals surface area contributed by atoms with Crippen LogP contribution in [0.25, 0.3) is 0 Å². The van der Waals surface area contributed by atoms with E-state index in [9.17, 15) is 14.7 Å². The molecular weight excluding hydrogens is 336 g/mol. The van der Waals surface area contributed by atoms with Gasteiger partial charge < -0.3 is 15.0 Å². The number of nitrogens with zero attached hydrogens (tertiary/aromatic N) is 1. The molecule has 116 valence electrons. The van der Waals surface area contributed by atoms with E-state index in [1.54, 1.807) is 6.07 Å². The molecule has 0 aromatic carbocycles. The van der Waals surface area contributed by atoms with Crippen LogP contribution in [0.3, 0.4) is 0 Å². The standard InChI is InChI=1S/C15H21BrN2O3/c1-2-18-9-11(16)8-12(18)13(19)17-10-15(14(20)21)6-4-3-5-7-15/h8-9H,2-7,10H2,1H3,(H,17,19)(H,20,21). The van der Waals surface area contributed by atoms with E-state index >= 15 is 0 Å². The first-order valence-electron chi connectivity index (χ1n) is 7.36. The molecule has 0 spiro atoms. The van der Waals surface area contributed by atoms with E-state index in [2.05, 4.69) is 21.2 Å². The molecule has 2 rings (SSSR count). The summed E-state index contributed by atoms with van der Waals surface area (Å²) in [4.78, 5) is 23.9. The Balaban J connectivity index is 2.06. The molecule has 1 fully saturated rings. The van der Waals surface area contributed by atoms with Gasteiger partial charge in [-0.3, -0.25) is 9.59 Å². The number of aliphatic carboxylic acids is 1. The number of hydrogen-bond donors (Lipinski definition) is 2. The second kappa shape index (κ2) is 6.64. The number of amides is 1. The van der Waals surface area contributed by atoms with Crippen LogP contribution in [0.4, 0.5) is 0 Å². The van der Waals surface area contributed by atoms with E-state index in [4.69, 9.17) is 0 Å². The molecule has 0 radical (unpaired) electrons. The summed E-state index contributed by atoms with van der Waals surface area (Å²) in [7, 11) is 0. The summed E-state index contributed by atoms with van der Waals surface area (Å²) >= 11 is 3.36. The quantitative estimate of drug-likeness (QED) is 0.851. The number of rotatable bonds is 5. The first-order chi connectivity index (χ1) is 9.98. The maximum Gasteiger partial charge on any atom is 0.311 e. The van der Waals surface area contributed by atoms with Gasteiger partial charge in [-0.1, -0.05) is 19.3 Å². The maximum absolute atomic E-state index is 12.3. The van der Waals surface area contributed by atoms with Crippen molar-refractivity contribution in [2.45, 2.75) is 45.6 Å². The Labute approximate surface area is 132 Å². The number of carboxylic acid groups (broad SMARTS) is 1. The minimum absolute atomic E-state index is 0.202. The van der Waals surface area contributed by atoms with Crippen molar-refractivity contribution >= 4 is 27.8 Å². The van der Waals surface area contributed by atoms with E-state index in [0.717, 1.165) is 23.7 Å². The highest BCUT2D eigenvalue weighted by Crippen LogP contribution is 2.36. The van der Waals surface area contributed by atoms with Gasteiger partial charge in [-0.05, 0) is 41.8 Å². The Kier molecular flexibility index (Phi) is 5.08. The topological polar surface area (TPSA) is 71.3 Å². The van der Waals surface area contributed by atoms with Crippen LogP contribution in [0.1, 0.15) is 49.5 Å². The molecule has 1 aliphatic carbocycles. The smallest absolute Gasteiger partial charge is 0.311 e. The first kappa shape index (κ1) is 16.1. The summed E-state index contributed by atoms with van der Waals surface area (Å²) in [6.45, 7) is 2.86. The Morgan fingerprint density at radius 3 is 2.62 bits per heavy atom. The summed E-state index contributed by atoms with van der Waals surface area (Å²) in [5, 5.41) is 12.3. The SMILES string of the molecule is CCn1cc(Br)cc1C(=O)NCC1(C(=O)O)CCCCC1. The van der Waals surface area contributed by atoms with Crippen molar-refractivity contribution in [3.8, 4) is 0 Å². The van der Waals surface area contributed by atoms with Gasteiger partial charge in [-0.25, -0.2) is 0 Å². The number of aromatic nitrogens is 1. The summed E-state index contributed by atoms with van der Waals surface area (Å²) in [5.74, 6) is -1.01. The van der Waals surface area contributed by atoms with Gasteiger partial charge in [0.25, 0.3) is 5.91 Å². The van der Waals surface area contributed by atoms with Gasteiger partial charge >= 0.3 is 5.97 Å². The van der Waals surface area contributed by atoms with Crippen LogP contribution < -0.4 is 5.32 Å². The van der Waals surface area contributed by atoms with Crippen LogP contribution in [0.5, 0.6) is 0 Å². The molecule has 1 amide bonds. The minimum atomic E-state index is -0.797. The third-order valence-electron chi connectivity index (χ3n) is 4.29. The lowest BCUT2D eigenvalue weighted by Gasteiger charge is -2.33. The van der Waals surface area contributed by atoms with Gasteiger partial charge in [0, 0.05) is 23.8 Å². The Morgan fingerprint density at radius 1 is 1.38 bits per heavy atom. The zero-order chi connectivity index (χ0) is 15.5. The van der Waals surface area contributed by atoms with Crippen LogP contribution in [-0.2, 0) is 11.3 Å². The molecule has 0 aliphatic heterocycles. The normalized spacial score (nSPS) is 17.4. The van der Waals surface area contributed by atoms with Crippen molar-refractivity contribution in [2.24, 2.45) is 5.41 Å². The molecule has 1 heterocycles. The molecule has 2 N–H and O–H groups in total. The zero-order valence-electron chi connectivity index (χ0n) is 12.2. The first-order valence-corrected chi connectivity index (χ1v) is 8.15. The van der Waals surface area contributed by atoms with Crippen molar-refractivity contribution in [3.05, 3.63) is 22.4 Å². The van der Waals surface area contributed by atoms with Gasteiger partial charge in [-0.2, -0.15) is 0 Å². The molecule has 0 atom stereocenters. The second-order valence-electron chi connectivity index (χ2n) is 5.66. The van der Waals surface area contributed by atoms with Crippen LogP contribution in [0, 0.1) is 5.41 Å². The number of aryl methyl sites for hydroxylation is 1. The number of hydrogen-bond acceptors (Lipinski definition) is 2. The second-order valence-corrected chi connectivity index (χ2v) is 6.57. The van der Waals surface area contributed by atoms with Gasteiger partial charge in [-0.15, -0.1) is 0 Å². The largest absolute Gasteiger partial charge is 0.481 e. The predicted octanol–water partition coefficient (Wildman–Crippen LogP) is 3.04. The lowest BCUT2D eigenvalue weighted by molar-refractivity contribution is -0.150. The molecule has 1 aliphatic rings. The number of carbonyl (C=O) groups excluding carboxylic acids is 1. The molecule has 0 unspecified atom stereocenters. The van der Waals surface area contributed by atoms with Crippen molar-refractivity contribution < 1.29 is 14.7 Å². The van der Waals surface area contributed by atoms with Gasteiger partial charge in [0.15, 0.2) is 0 Å². The maximum atomic E-state index is 12.3. The molecule has 1 aromatic rings. The van der Waals surface area contributed by atoms with Crippen molar-refractivity contribution in [3.63, 3.8) is 0 Å². The van der Waals surface area contributed by atoms with Crippen LogP contribution in [0.15, 0.2) is 16.7 Å². The number of carboxylic acids is 1. The molecule has 1 aromatic heterocycles. The highest BCUT2D eigenvalue weighted by Gasteiger charge is 2.39. The van der Waals surface area contributed by atoms with Crippen molar-refractivity contribution in [2.75, 3.05) is 6.54 Å². The fourth-order valence-electron chi connectivity index (χ4n) is 2.96. The number of carbonyl (C=O) groups is 2. The lowest BCUT2D eigenvalue weighted by atomic mass is 9.74. The molecule has 1 saturated carbocycles. The van der Waals surface area contributed by atoms with Crippen molar-refractivity contribution in [1.29, 1.82) is 0 Å². The average Bonchev–Trinajstić information content (AvgIpc) is 2.86. The van der Waals surface area contributed by atoms with E-state index in [0.29, 0.717) is 25.1 Å². The van der Waals surface area contributed by atoms with E-state index in [1.807, 2.05) is 17.7 Å². The molecule has 5 nitrogen and oxygen atoms in total. The van der Waals surface area contributed by atoms with Gasteiger partial charge in [0.2, 0.25) is 0 Å². The van der Waals surface area contributed by atoms with E-state index < -0.39 is 11.4 Å².